The Morgan fingerprint density at radius 3 is 2.48 bits per heavy atom. The number of anilines is 1. The fraction of sp³-hybridized carbons (Fsp3) is 0.364. The van der Waals surface area contributed by atoms with Crippen LogP contribution in [0.4, 0.5) is 14.5 Å². The van der Waals surface area contributed by atoms with E-state index in [0.29, 0.717) is 18.2 Å². The van der Waals surface area contributed by atoms with Crippen LogP contribution >= 0.6 is 0 Å². The maximum atomic E-state index is 14.7. The van der Waals surface area contributed by atoms with Crippen LogP contribution in [0, 0.1) is 17.6 Å². The molecule has 0 bridgehead atoms. The van der Waals surface area contributed by atoms with E-state index in [1.54, 1.807) is 6.07 Å². The lowest BCUT2D eigenvalue weighted by atomic mass is 9.82. The first-order chi connectivity index (χ1) is 11.9. The van der Waals surface area contributed by atoms with Gasteiger partial charge in [-0.05, 0) is 43.4 Å². The number of halogens is 2. The van der Waals surface area contributed by atoms with Crippen LogP contribution in [0.2, 0.25) is 0 Å². The quantitative estimate of drug-likeness (QED) is 0.660. The predicted octanol–water partition coefficient (Wildman–Crippen LogP) is 5.85. The molecule has 2 aromatic carbocycles. The molecular formula is C22H25F2N. The van der Waals surface area contributed by atoms with Gasteiger partial charge < -0.3 is 4.90 Å². The van der Waals surface area contributed by atoms with E-state index in [1.807, 2.05) is 35.3 Å². The van der Waals surface area contributed by atoms with Crippen molar-refractivity contribution in [2.24, 2.45) is 5.92 Å². The van der Waals surface area contributed by atoms with Gasteiger partial charge in [-0.2, -0.15) is 0 Å². The number of benzene rings is 2. The van der Waals surface area contributed by atoms with Gasteiger partial charge in [0.2, 0.25) is 0 Å². The summed E-state index contributed by atoms with van der Waals surface area (Å²) in [6, 6.07) is 13.1. The molecule has 1 nitrogen and oxygen atoms in total. The average molecular weight is 341 g/mol. The summed E-state index contributed by atoms with van der Waals surface area (Å²) in [5, 5.41) is 0. The number of hydrogen-bond donors (Lipinski definition) is 0. The Hall–Kier alpha value is -2.16. The molecule has 0 unspecified atom stereocenters. The highest BCUT2D eigenvalue weighted by Gasteiger charge is 2.36. The second-order valence-corrected chi connectivity index (χ2v) is 7.57. The van der Waals surface area contributed by atoms with Gasteiger partial charge in [-0.3, -0.25) is 0 Å². The van der Waals surface area contributed by atoms with E-state index in [9.17, 15) is 8.78 Å². The molecule has 3 heteroatoms. The molecule has 25 heavy (non-hydrogen) atoms. The van der Waals surface area contributed by atoms with Gasteiger partial charge in [0, 0.05) is 17.6 Å². The Kier molecular flexibility index (Phi) is 4.94. The Labute approximate surface area is 149 Å². The van der Waals surface area contributed by atoms with E-state index in [4.69, 9.17) is 0 Å². The topological polar surface area (TPSA) is 3.24 Å². The van der Waals surface area contributed by atoms with Crippen molar-refractivity contribution in [3.8, 4) is 0 Å². The van der Waals surface area contributed by atoms with Crippen molar-refractivity contribution in [2.75, 3.05) is 11.4 Å². The van der Waals surface area contributed by atoms with Gasteiger partial charge in [-0.25, -0.2) is 8.78 Å². The molecule has 1 atom stereocenters. The van der Waals surface area contributed by atoms with Crippen LogP contribution in [-0.4, -0.2) is 12.1 Å². The number of nitrogens with zero attached hydrogens (tertiary/aromatic N) is 1. The third-order valence-electron chi connectivity index (χ3n) is 4.88. The Balaban J connectivity index is 2.06. The van der Waals surface area contributed by atoms with E-state index >= 15 is 0 Å². The first-order valence-electron chi connectivity index (χ1n) is 8.87. The molecule has 0 radical (unpaired) electrons. The molecule has 0 saturated heterocycles. The van der Waals surface area contributed by atoms with Crippen LogP contribution in [0.25, 0.3) is 6.08 Å². The fourth-order valence-electron chi connectivity index (χ4n) is 4.02. The minimum atomic E-state index is -0.786. The standard InChI is InChI=1S/C22H25F2N/c1-16(2)14-22(3,15-17-8-5-4-6-9-17)25-13-7-10-18-11-12-19(23)20(24)21(18)25/h4-12,16H,13-15H2,1-3H3/t22-/m1/s1. The molecule has 0 fully saturated rings. The van der Waals surface area contributed by atoms with Gasteiger partial charge in [0.15, 0.2) is 11.6 Å². The SMILES string of the molecule is CC(C)C[C@](C)(Cc1ccccc1)N1CC=Cc2ccc(F)c(F)c21. The summed E-state index contributed by atoms with van der Waals surface area (Å²) < 4.78 is 28.6. The van der Waals surface area contributed by atoms with Crippen molar-refractivity contribution in [1.82, 2.24) is 0 Å². The van der Waals surface area contributed by atoms with Crippen LogP contribution in [0.5, 0.6) is 0 Å². The highest BCUT2D eigenvalue weighted by Crippen LogP contribution is 2.39. The zero-order valence-corrected chi connectivity index (χ0v) is 15.1. The van der Waals surface area contributed by atoms with Crippen LogP contribution in [-0.2, 0) is 6.42 Å². The smallest absolute Gasteiger partial charge is 0.182 e. The molecule has 0 amide bonds. The fourth-order valence-corrected chi connectivity index (χ4v) is 4.02. The summed E-state index contributed by atoms with van der Waals surface area (Å²) in [5.41, 5.74) is 2.04. The number of fused-ring (bicyclic) bond motifs is 1. The molecule has 0 N–H and O–H groups in total. The van der Waals surface area contributed by atoms with Crippen LogP contribution in [0.3, 0.4) is 0 Å². The molecule has 3 rings (SSSR count). The maximum Gasteiger partial charge on any atom is 0.182 e. The third-order valence-corrected chi connectivity index (χ3v) is 4.88. The van der Waals surface area contributed by atoms with Crippen molar-refractivity contribution in [3.63, 3.8) is 0 Å². The van der Waals surface area contributed by atoms with Gasteiger partial charge in [-0.15, -0.1) is 0 Å². The minimum Gasteiger partial charge on any atom is -0.359 e. The lowest BCUT2D eigenvalue weighted by Crippen LogP contribution is -2.51. The summed E-state index contributed by atoms with van der Waals surface area (Å²) in [5.74, 6) is -1.09. The summed E-state index contributed by atoms with van der Waals surface area (Å²) in [4.78, 5) is 2.05. The lowest BCUT2D eigenvalue weighted by Gasteiger charge is -2.46. The monoisotopic (exact) mass is 341 g/mol. The molecule has 2 aromatic rings. The zero-order valence-electron chi connectivity index (χ0n) is 15.1. The van der Waals surface area contributed by atoms with Crippen LogP contribution < -0.4 is 4.90 Å². The number of rotatable bonds is 5. The van der Waals surface area contributed by atoms with Gasteiger partial charge in [0.05, 0.1) is 5.69 Å². The normalized spacial score (nSPS) is 16.0. The van der Waals surface area contributed by atoms with Gasteiger partial charge in [0.25, 0.3) is 0 Å². The van der Waals surface area contributed by atoms with Crippen molar-refractivity contribution in [3.05, 3.63) is 71.3 Å². The molecule has 1 aliphatic heterocycles. The molecular weight excluding hydrogens is 316 g/mol. The Morgan fingerprint density at radius 2 is 1.80 bits per heavy atom. The first-order valence-corrected chi connectivity index (χ1v) is 8.87. The minimum absolute atomic E-state index is 0.302. The third kappa shape index (κ3) is 3.60. The second-order valence-electron chi connectivity index (χ2n) is 7.57. The second kappa shape index (κ2) is 6.99. The molecule has 0 aromatic heterocycles. The molecule has 132 valence electrons. The average Bonchev–Trinajstić information content (AvgIpc) is 2.58. The molecule has 0 spiro atoms. The Morgan fingerprint density at radius 1 is 1.08 bits per heavy atom. The highest BCUT2D eigenvalue weighted by molar-refractivity contribution is 5.73. The van der Waals surface area contributed by atoms with Crippen molar-refractivity contribution in [2.45, 2.75) is 39.2 Å². The van der Waals surface area contributed by atoms with E-state index in [2.05, 4.69) is 32.9 Å². The number of hydrogen-bond acceptors (Lipinski definition) is 1. The van der Waals surface area contributed by atoms with Crippen LogP contribution in [0.1, 0.15) is 38.3 Å². The molecule has 1 aliphatic rings. The summed E-state index contributed by atoms with van der Waals surface area (Å²) in [6.07, 6.45) is 5.59. The largest absolute Gasteiger partial charge is 0.359 e. The predicted molar refractivity (Wildman–Crippen MR) is 101 cm³/mol. The van der Waals surface area contributed by atoms with Crippen molar-refractivity contribution >= 4 is 11.8 Å². The summed E-state index contributed by atoms with van der Waals surface area (Å²) in [7, 11) is 0. The zero-order chi connectivity index (χ0) is 18.0. The lowest BCUT2D eigenvalue weighted by molar-refractivity contribution is 0.339. The van der Waals surface area contributed by atoms with E-state index in [-0.39, 0.29) is 5.54 Å². The van der Waals surface area contributed by atoms with E-state index < -0.39 is 11.6 Å². The highest BCUT2D eigenvalue weighted by atomic mass is 19.2. The van der Waals surface area contributed by atoms with Gasteiger partial charge in [-0.1, -0.05) is 56.3 Å². The maximum absolute atomic E-state index is 14.7. The molecule has 0 saturated carbocycles. The van der Waals surface area contributed by atoms with Crippen molar-refractivity contribution < 1.29 is 8.78 Å². The summed E-state index contributed by atoms with van der Waals surface area (Å²) in [6.45, 7) is 7.09. The molecule has 0 aliphatic carbocycles. The van der Waals surface area contributed by atoms with E-state index in [0.717, 1.165) is 18.4 Å². The van der Waals surface area contributed by atoms with E-state index in [1.165, 1.54) is 11.6 Å². The summed E-state index contributed by atoms with van der Waals surface area (Å²) >= 11 is 0. The Bertz CT molecular complexity index is 767. The van der Waals surface area contributed by atoms with Gasteiger partial charge in [0.1, 0.15) is 0 Å². The van der Waals surface area contributed by atoms with Gasteiger partial charge >= 0.3 is 0 Å². The van der Waals surface area contributed by atoms with Crippen molar-refractivity contribution in [1.29, 1.82) is 0 Å². The molecule has 1 heterocycles. The first kappa shape index (κ1) is 17.7. The van der Waals surface area contributed by atoms with Crippen LogP contribution in [0.15, 0.2) is 48.5 Å².